The third kappa shape index (κ3) is 3.68. The fourth-order valence-corrected chi connectivity index (χ4v) is 3.98. The van der Waals surface area contributed by atoms with Crippen LogP contribution in [0.4, 0.5) is 0 Å². The van der Waals surface area contributed by atoms with Crippen LogP contribution in [0.5, 0.6) is 0 Å². The number of aromatic nitrogens is 2. The fourth-order valence-electron chi connectivity index (χ4n) is 3.98. The van der Waals surface area contributed by atoms with Gasteiger partial charge in [0, 0.05) is 44.8 Å². The van der Waals surface area contributed by atoms with E-state index in [4.69, 9.17) is 0 Å². The van der Waals surface area contributed by atoms with Crippen LogP contribution in [0, 0.1) is 5.41 Å². The first-order valence-corrected chi connectivity index (χ1v) is 9.60. The van der Waals surface area contributed by atoms with E-state index in [9.17, 15) is 4.79 Å². The Labute approximate surface area is 155 Å². The van der Waals surface area contributed by atoms with E-state index in [1.807, 2.05) is 16.5 Å². The summed E-state index contributed by atoms with van der Waals surface area (Å²) in [6, 6.07) is 11.4. The van der Waals surface area contributed by atoms with E-state index in [0.29, 0.717) is 17.7 Å². The summed E-state index contributed by atoms with van der Waals surface area (Å²) in [7, 11) is 1.89. The molecule has 1 amide bonds. The smallest absolute Gasteiger partial charge is 0.274 e. The van der Waals surface area contributed by atoms with E-state index >= 15 is 0 Å². The second-order valence-electron chi connectivity index (χ2n) is 8.27. The lowest BCUT2D eigenvalue weighted by Crippen LogP contribution is -2.46. The van der Waals surface area contributed by atoms with Crippen molar-refractivity contribution in [2.24, 2.45) is 12.5 Å². The molecule has 1 saturated carbocycles. The van der Waals surface area contributed by atoms with Crippen molar-refractivity contribution in [1.29, 1.82) is 0 Å². The lowest BCUT2D eigenvalue weighted by Gasteiger charge is -2.39. The number of hydrogen-bond acceptors (Lipinski definition) is 3. The summed E-state index contributed by atoms with van der Waals surface area (Å²) in [6.45, 7) is 5.02. The van der Waals surface area contributed by atoms with Gasteiger partial charge in [-0.1, -0.05) is 37.3 Å². The number of nitrogens with one attached hydrogen (secondary N) is 1. The van der Waals surface area contributed by atoms with Gasteiger partial charge < -0.3 is 14.8 Å². The Kier molecular flexibility index (Phi) is 4.57. The number of aryl methyl sites for hydroxylation is 1. The van der Waals surface area contributed by atoms with E-state index in [2.05, 4.69) is 47.6 Å². The van der Waals surface area contributed by atoms with Crippen LogP contribution < -0.4 is 5.32 Å². The largest absolute Gasteiger partial charge is 0.340 e. The van der Waals surface area contributed by atoms with Gasteiger partial charge in [0.1, 0.15) is 5.69 Å². The van der Waals surface area contributed by atoms with Crippen LogP contribution >= 0.6 is 0 Å². The molecule has 2 heterocycles. The third-order valence-corrected chi connectivity index (χ3v) is 5.99. The average Bonchev–Trinajstić information content (AvgIpc) is 3.32. The zero-order chi connectivity index (χ0) is 18.1. The molecule has 1 N–H and O–H groups in total. The van der Waals surface area contributed by atoms with Gasteiger partial charge in [0.15, 0.2) is 0 Å². The highest BCUT2D eigenvalue weighted by Crippen LogP contribution is 2.41. The average molecular weight is 352 g/mol. The summed E-state index contributed by atoms with van der Waals surface area (Å²) >= 11 is 0. The summed E-state index contributed by atoms with van der Waals surface area (Å²) in [4.78, 5) is 18.7. The zero-order valence-corrected chi connectivity index (χ0v) is 15.7. The first-order valence-electron chi connectivity index (χ1n) is 9.60. The Hall–Kier alpha value is -2.14. The first kappa shape index (κ1) is 17.3. The van der Waals surface area contributed by atoms with E-state index in [-0.39, 0.29) is 11.3 Å². The molecule has 0 unspecified atom stereocenters. The second-order valence-corrected chi connectivity index (χ2v) is 8.27. The van der Waals surface area contributed by atoms with E-state index < -0.39 is 0 Å². The quantitative estimate of drug-likeness (QED) is 0.900. The van der Waals surface area contributed by atoms with E-state index in [0.717, 1.165) is 32.5 Å². The molecule has 0 bridgehead atoms. The second kappa shape index (κ2) is 6.88. The van der Waals surface area contributed by atoms with Gasteiger partial charge in [-0.05, 0) is 30.2 Å². The van der Waals surface area contributed by atoms with Crippen LogP contribution in [0.25, 0.3) is 0 Å². The van der Waals surface area contributed by atoms with Crippen LogP contribution in [0.2, 0.25) is 0 Å². The Morgan fingerprint density at radius 3 is 2.65 bits per heavy atom. The monoisotopic (exact) mass is 352 g/mol. The molecule has 26 heavy (non-hydrogen) atoms. The number of amides is 1. The van der Waals surface area contributed by atoms with Crippen LogP contribution in [0.15, 0.2) is 42.9 Å². The van der Waals surface area contributed by atoms with Crippen molar-refractivity contribution in [2.45, 2.75) is 38.1 Å². The molecule has 4 rings (SSSR count). The zero-order valence-electron chi connectivity index (χ0n) is 15.7. The van der Waals surface area contributed by atoms with E-state index in [1.165, 1.54) is 12.0 Å². The molecule has 0 spiro atoms. The number of piperidine rings is 1. The lowest BCUT2D eigenvalue weighted by molar-refractivity contribution is 0.0599. The number of nitrogens with zero attached hydrogens (tertiary/aromatic N) is 3. The molecule has 1 saturated heterocycles. The lowest BCUT2D eigenvalue weighted by atomic mass is 9.80. The molecule has 2 aliphatic rings. The predicted octanol–water partition coefficient (Wildman–Crippen LogP) is 2.81. The first-order chi connectivity index (χ1) is 12.5. The summed E-state index contributed by atoms with van der Waals surface area (Å²) < 4.78 is 1.82. The molecule has 2 atom stereocenters. The standard InChI is InChI=1S/C21H28N4O/c1-21(14-22-18-12-17(18)16-6-4-3-5-7-16)8-10-25(11-9-21)20(26)19-13-24(2)15-23-19/h3-7,13,15,17-18,22H,8-12,14H2,1-2H3/t17-,18-/m0/s1. The predicted molar refractivity (Wildman–Crippen MR) is 102 cm³/mol. The fraction of sp³-hybridized carbons (Fsp3) is 0.524. The van der Waals surface area contributed by atoms with Crippen LogP contribution in [-0.4, -0.2) is 46.0 Å². The van der Waals surface area contributed by atoms with Crippen LogP contribution in [0.1, 0.15) is 48.2 Å². The third-order valence-electron chi connectivity index (χ3n) is 5.99. The van der Waals surface area contributed by atoms with Crippen molar-refractivity contribution >= 4 is 5.91 Å². The van der Waals surface area contributed by atoms with Crippen molar-refractivity contribution in [3.63, 3.8) is 0 Å². The van der Waals surface area contributed by atoms with Gasteiger partial charge in [0.05, 0.1) is 6.33 Å². The minimum Gasteiger partial charge on any atom is -0.340 e. The molecule has 1 aromatic heterocycles. The molecule has 2 fully saturated rings. The highest BCUT2D eigenvalue weighted by molar-refractivity contribution is 5.92. The maximum atomic E-state index is 12.5. The summed E-state index contributed by atoms with van der Waals surface area (Å²) in [6.07, 6.45) is 6.81. The van der Waals surface area contributed by atoms with Crippen molar-refractivity contribution in [1.82, 2.24) is 19.8 Å². The number of rotatable bonds is 5. The van der Waals surface area contributed by atoms with Crippen molar-refractivity contribution in [2.75, 3.05) is 19.6 Å². The maximum absolute atomic E-state index is 12.5. The topological polar surface area (TPSA) is 50.2 Å². The van der Waals surface area contributed by atoms with Crippen molar-refractivity contribution in [3.8, 4) is 0 Å². The van der Waals surface area contributed by atoms with Gasteiger partial charge in [0.25, 0.3) is 5.91 Å². The molecule has 0 radical (unpaired) electrons. The highest BCUT2D eigenvalue weighted by Gasteiger charge is 2.40. The van der Waals surface area contributed by atoms with E-state index in [1.54, 1.807) is 12.5 Å². The number of carbonyl (C=O) groups is 1. The van der Waals surface area contributed by atoms with Crippen molar-refractivity contribution in [3.05, 3.63) is 54.1 Å². The Balaban J connectivity index is 1.25. The van der Waals surface area contributed by atoms with Gasteiger partial charge in [-0.25, -0.2) is 4.98 Å². The Morgan fingerprint density at radius 1 is 1.27 bits per heavy atom. The van der Waals surface area contributed by atoms with Gasteiger partial charge in [0.2, 0.25) is 0 Å². The molecule has 1 aromatic carbocycles. The normalized spacial score (nSPS) is 24.5. The SMILES string of the molecule is Cn1cnc(C(=O)N2CCC(C)(CN[C@H]3C[C@H]3c3ccccc3)CC2)c1. The summed E-state index contributed by atoms with van der Waals surface area (Å²) in [5, 5.41) is 3.78. The molecule has 2 aromatic rings. The molecule has 1 aliphatic heterocycles. The molecular formula is C21H28N4O. The number of likely N-dealkylation sites (tertiary alicyclic amines) is 1. The molecular weight excluding hydrogens is 324 g/mol. The van der Waals surface area contributed by atoms with Gasteiger partial charge in [-0.3, -0.25) is 4.79 Å². The summed E-state index contributed by atoms with van der Waals surface area (Å²) in [5.41, 5.74) is 2.27. The molecule has 5 nitrogen and oxygen atoms in total. The summed E-state index contributed by atoms with van der Waals surface area (Å²) in [5.74, 6) is 0.734. The van der Waals surface area contributed by atoms with Gasteiger partial charge >= 0.3 is 0 Å². The minimum atomic E-state index is 0.0620. The molecule has 5 heteroatoms. The number of imidazole rings is 1. The highest BCUT2D eigenvalue weighted by atomic mass is 16.2. The van der Waals surface area contributed by atoms with Gasteiger partial charge in [-0.2, -0.15) is 0 Å². The number of hydrogen-bond donors (Lipinski definition) is 1. The Bertz CT molecular complexity index is 761. The number of carbonyl (C=O) groups excluding carboxylic acids is 1. The van der Waals surface area contributed by atoms with Crippen LogP contribution in [0.3, 0.4) is 0 Å². The van der Waals surface area contributed by atoms with Gasteiger partial charge in [-0.15, -0.1) is 0 Å². The number of benzene rings is 1. The van der Waals surface area contributed by atoms with Crippen molar-refractivity contribution < 1.29 is 4.79 Å². The maximum Gasteiger partial charge on any atom is 0.274 e. The Morgan fingerprint density at radius 2 is 2.00 bits per heavy atom. The van der Waals surface area contributed by atoms with Crippen LogP contribution in [-0.2, 0) is 7.05 Å². The molecule has 138 valence electrons. The molecule has 1 aliphatic carbocycles. The minimum absolute atomic E-state index is 0.0620.